The van der Waals surface area contributed by atoms with Crippen LogP contribution in [0, 0.1) is 12.3 Å². The van der Waals surface area contributed by atoms with Crippen LogP contribution in [0.1, 0.15) is 30.4 Å². The van der Waals surface area contributed by atoms with Gasteiger partial charge in [0.15, 0.2) is 0 Å². The molecule has 2 fully saturated rings. The van der Waals surface area contributed by atoms with Crippen LogP contribution in [0.25, 0.3) is 11.0 Å². The molecule has 140 valence electrons. The molecule has 2 aliphatic rings. The quantitative estimate of drug-likeness (QED) is 0.891. The van der Waals surface area contributed by atoms with Crippen LogP contribution in [-0.4, -0.2) is 48.3 Å². The SMILES string of the molecule is CO[C@@H]1C[C@H](O)C12CCN(C(=O)Cc1coc3cc(C)c(Cl)cc13)CC2. The number of carbonyl (C=O) groups is 1. The number of hydrogen-bond donors (Lipinski definition) is 1. The van der Waals surface area contributed by atoms with Gasteiger partial charge in [-0.1, -0.05) is 11.6 Å². The lowest BCUT2D eigenvalue weighted by atomic mass is 9.58. The average molecular weight is 378 g/mol. The molecule has 2 aromatic rings. The van der Waals surface area contributed by atoms with Crippen LogP contribution in [0.2, 0.25) is 5.02 Å². The number of carbonyl (C=O) groups excluding carboxylic acids is 1. The van der Waals surface area contributed by atoms with Crippen molar-refractivity contribution in [3.8, 4) is 0 Å². The van der Waals surface area contributed by atoms with Crippen LogP contribution in [0.3, 0.4) is 0 Å². The highest BCUT2D eigenvalue weighted by Gasteiger charge is 2.56. The Morgan fingerprint density at radius 2 is 2.15 bits per heavy atom. The van der Waals surface area contributed by atoms with Crippen molar-refractivity contribution in [1.29, 1.82) is 0 Å². The van der Waals surface area contributed by atoms with Crippen molar-refractivity contribution in [2.75, 3.05) is 20.2 Å². The highest BCUT2D eigenvalue weighted by molar-refractivity contribution is 6.32. The summed E-state index contributed by atoms with van der Waals surface area (Å²) < 4.78 is 11.1. The Bertz CT molecular complexity index is 838. The minimum atomic E-state index is -0.312. The van der Waals surface area contributed by atoms with Crippen molar-refractivity contribution >= 4 is 28.5 Å². The maximum absolute atomic E-state index is 12.8. The minimum Gasteiger partial charge on any atom is -0.464 e. The molecule has 0 bridgehead atoms. The number of methoxy groups -OCH3 is 1. The Morgan fingerprint density at radius 1 is 1.42 bits per heavy atom. The Hall–Kier alpha value is -1.56. The molecule has 0 unspecified atom stereocenters. The smallest absolute Gasteiger partial charge is 0.227 e. The van der Waals surface area contributed by atoms with E-state index < -0.39 is 0 Å². The first kappa shape index (κ1) is 17.8. The van der Waals surface area contributed by atoms with Gasteiger partial charge in [0, 0.05) is 48.0 Å². The van der Waals surface area contributed by atoms with E-state index in [1.807, 2.05) is 24.0 Å². The number of aliphatic hydroxyl groups excluding tert-OH is 1. The Kier molecular flexibility index (Phi) is 4.49. The van der Waals surface area contributed by atoms with Crippen molar-refractivity contribution in [3.05, 3.63) is 34.5 Å². The first-order valence-corrected chi connectivity index (χ1v) is 9.47. The number of aryl methyl sites for hydroxylation is 1. The van der Waals surface area contributed by atoms with Gasteiger partial charge in [-0.15, -0.1) is 0 Å². The van der Waals surface area contributed by atoms with Gasteiger partial charge in [0.05, 0.1) is 24.9 Å². The molecule has 1 aromatic heterocycles. The van der Waals surface area contributed by atoms with E-state index in [-0.39, 0.29) is 23.5 Å². The number of rotatable bonds is 3. The van der Waals surface area contributed by atoms with Crippen LogP contribution in [-0.2, 0) is 16.0 Å². The molecule has 1 aliphatic heterocycles. The molecule has 1 aromatic carbocycles. The summed E-state index contributed by atoms with van der Waals surface area (Å²) in [5.74, 6) is 0.0852. The topological polar surface area (TPSA) is 62.9 Å². The van der Waals surface area contributed by atoms with Crippen LogP contribution in [0.15, 0.2) is 22.8 Å². The predicted molar refractivity (Wildman–Crippen MR) is 99.3 cm³/mol. The number of amides is 1. The molecule has 1 amide bonds. The molecule has 26 heavy (non-hydrogen) atoms. The second-order valence-corrected chi connectivity index (χ2v) is 8.03. The molecule has 2 atom stereocenters. The lowest BCUT2D eigenvalue weighted by Crippen LogP contribution is -2.62. The van der Waals surface area contributed by atoms with Crippen LogP contribution in [0.4, 0.5) is 0 Å². The third-order valence-corrected chi connectivity index (χ3v) is 6.76. The maximum atomic E-state index is 12.8. The zero-order valence-electron chi connectivity index (χ0n) is 15.1. The van der Waals surface area contributed by atoms with E-state index in [0.29, 0.717) is 31.0 Å². The van der Waals surface area contributed by atoms with Crippen LogP contribution >= 0.6 is 11.6 Å². The molecular formula is C20H24ClNO4. The molecule has 4 rings (SSSR count). The lowest BCUT2D eigenvalue weighted by molar-refractivity contribution is -0.202. The number of likely N-dealkylation sites (tertiary alicyclic amines) is 1. The van der Waals surface area contributed by atoms with Gasteiger partial charge in [-0.3, -0.25) is 4.79 Å². The molecular weight excluding hydrogens is 354 g/mol. The molecule has 6 heteroatoms. The largest absolute Gasteiger partial charge is 0.464 e. The summed E-state index contributed by atoms with van der Waals surface area (Å²) in [7, 11) is 1.70. The number of halogens is 1. The minimum absolute atomic E-state index is 0.0852. The highest BCUT2D eigenvalue weighted by Crippen LogP contribution is 2.50. The van der Waals surface area contributed by atoms with Gasteiger partial charge in [0.1, 0.15) is 5.58 Å². The van der Waals surface area contributed by atoms with Crippen LogP contribution < -0.4 is 0 Å². The molecule has 1 spiro atoms. The van der Waals surface area contributed by atoms with E-state index >= 15 is 0 Å². The van der Waals surface area contributed by atoms with E-state index in [4.69, 9.17) is 20.8 Å². The normalized spacial score (nSPS) is 24.8. The summed E-state index contributed by atoms with van der Waals surface area (Å²) in [6, 6.07) is 3.77. The second kappa shape index (κ2) is 6.55. The van der Waals surface area contributed by atoms with Gasteiger partial charge >= 0.3 is 0 Å². The zero-order valence-corrected chi connectivity index (χ0v) is 15.9. The lowest BCUT2D eigenvalue weighted by Gasteiger charge is -2.56. The third-order valence-electron chi connectivity index (χ3n) is 6.35. The van der Waals surface area contributed by atoms with Crippen LogP contribution in [0.5, 0.6) is 0 Å². The van der Waals surface area contributed by atoms with E-state index in [1.165, 1.54) is 0 Å². The number of piperidine rings is 1. The van der Waals surface area contributed by atoms with E-state index in [1.54, 1.807) is 13.4 Å². The molecule has 1 N–H and O–H groups in total. The summed E-state index contributed by atoms with van der Waals surface area (Å²) in [6.45, 7) is 3.25. The van der Waals surface area contributed by atoms with Crippen molar-refractivity contribution in [2.45, 2.75) is 44.8 Å². The Labute approximate surface area is 157 Å². The fourth-order valence-corrected chi connectivity index (χ4v) is 4.66. The van der Waals surface area contributed by atoms with E-state index in [0.717, 1.165) is 34.9 Å². The first-order chi connectivity index (χ1) is 12.4. The van der Waals surface area contributed by atoms with Crippen molar-refractivity contribution in [3.63, 3.8) is 0 Å². The summed E-state index contributed by atoms with van der Waals surface area (Å²) in [6.07, 6.45) is 4.03. The van der Waals surface area contributed by atoms with Crippen molar-refractivity contribution in [1.82, 2.24) is 4.90 Å². The molecule has 1 saturated heterocycles. The molecule has 2 heterocycles. The zero-order chi connectivity index (χ0) is 18.5. The standard InChI is InChI=1S/C20H24ClNO4/c1-12-7-16-14(9-15(12)21)13(11-26-16)8-19(24)22-5-3-20(4-6-22)17(23)10-18(20)25-2/h7,9,11,17-18,23H,3-6,8,10H2,1-2H3/t17-,18+/m0/s1. The predicted octanol–water partition coefficient (Wildman–Crippen LogP) is 3.33. The Morgan fingerprint density at radius 3 is 2.81 bits per heavy atom. The number of benzene rings is 1. The van der Waals surface area contributed by atoms with Gasteiger partial charge in [-0.2, -0.15) is 0 Å². The Balaban J connectivity index is 1.44. The van der Waals surface area contributed by atoms with Crippen molar-refractivity contribution in [2.24, 2.45) is 5.41 Å². The van der Waals surface area contributed by atoms with Gasteiger partial charge in [-0.25, -0.2) is 0 Å². The first-order valence-electron chi connectivity index (χ1n) is 9.09. The number of ether oxygens (including phenoxy) is 1. The number of nitrogens with zero attached hydrogens (tertiary/aromatic N) is 1. The number of fused-ring (bicyclic) bond motifs is 1. The maximum Gasteiger partial charge on any atom is 0.227 e. The fraction of sp³-hybridized carbons (Fsp3) is 0.550. The fourth-order valence-electron chi connectivity index (χ4n) is 4.50. The monoisotopic (exact) mass is 377 g/mol. The average Bonchev–Trinajstić information content (AvgIpc) is 3.01. The molecule has 5 nitrogen and oxygen atoms in total. The number of furan rings is 1. The third kappa shape index (κ3) is 2.73. The van der Waals surface area contributed by atoms with E-state index in [9.17, 15) is 9.90 Å². The summed E-state index contributed by atoms with van der Waals surface area (Å²) >= 11 is 6.22. The molecule has 1 saturated carbocycles. The number of aliphatic hydroxyl groups is 1. The number of hydrogen-bond acceptors (Lipinski definition) is 4. The van der Waals surface area contributed by atoms with E-state index in [2.05, 4.69) is 0 Å². The molecule has 1 aliphatic carbocycles. The van der Waals surface area contributed by atoms with Gasteiger partial charge in [0.25, 0.3) is 0 Å². The summed E-state index contributed by atoms with van der Waals surface area (Å²) in [5, 5.41) is 11.8. The van der Waals surface area contributed by atoms with Crippen molar-refractivity contribution < 1.29 is 19.1 Å². The summed E-state index contributed by atoms with van der Waals surface area (Å²) in [5.41, 5.74) is 2.41. The molecule has 0 radical (unpaired) electrons. The van der Waals surface area contributed by atoms with Gasteiger partial charge in [-0.05, 0) is 37.5 Å². The van der Waals surface area contributed by atoms with Gasteiger partial charge < -0.3 is 19.2 Å². The highest BCUT2D eigenvalue weighted by atomic mass is 35.5. The second-order valence-electron chi connectivity index (χ2n) is 7.63. The van der Waals surface area contributed by atoms with Gasteiger partial charge in [0.2, 0.25) is 5.91 Å². The summed E-state index contributed by atoms with van der Waals surface area (Å²) in [4.78, 5) is 14.7.